The highest BCUT2D eigenvalue weighted by atomic mass is 16.5. The zero-order valence-corrected chi connectivity index (χ0v) is 17.9. The molecule has 0 saturated carbocycles. The van der Waals surface area contributed by atoms with Crippen molar-refractivity contribution in [1.29, 1.82) is 0 Å². The Balaban J connectivity index is 2.26. The SMILES string of the molecule is CC(C)C(=O)NCCCCCC(=O)N1CCC(COC(=O)C(C)C)C(CO)C1. The monoisotopic (exact) mass is 398 g/mol. The first kappa shape index (κ1) is 24.4. The van der Waals surface area contributed by atoms with E-state index in [1.54, 1.807) is 13.8 Å². The first-order valence-corrected chi connectivity index (χ1v) is 10.6. The van der Waals surface area contributed by atoms with Gasteiger partial charge in [-0.25, -0.2) is 0 Å². The van der Waals surface area contributed by atoms with Crippen LogP contribution < -0.4 is 5.32 Å². The molecule has 0 radical (unpaired) electrons. The molecule has 2 amide bonds. The average Bonchev–Trinajstić information content (AvgIpc) is 2.67. The van der Waals surface area contributed by atoms with Gasteiger partial charge in [0.2, 0.25) is 11.8 Å². The molecule has 0 aromatic heterocycles. The van der Waals surface area contributed by atoms with Gasteiger partial charge in [-0.3, -0.25) is 14.4 Å². The minimum absolute atomic E-state index is 0.00197. The van der Waals surface area contributed by atoms with Crippen molar-refractivity contribution < 1.29 is 24.2 Å². The molecule has 0 aromatic rings. The van der Waals surface area contributed by atoms with Crippen molar-refractivity contribution >= 4 is 17.8 Å². The molecular formula is C21H38N2O5. The molecule has 1 aliphatic rings. The second kappa shape index (κ2) is 12.8. The summed E-state index contributed by atoms with van der Waals surface area (Å²) in [5.41, 5.74) is 0. The zero-order valence-electron chi connectivity index (χ0n) is 17.9. The van der Waals surface area contributed by atoms with Crippen molar-refractivity contribution in [3.8, 4) is 0 Å². The first-order chi connectivity index (χ1) is 13.3. The van der Waals surface area contributed by atoms with Gasteiger partial charge in [0.15, 0.2) is 0 Å². The van der Waals surface area contributed by atoms with Gasteiger partial charge in [-0.2, -0.15) is 0 Å². The van der Waals surface area contributed by atoms with E-state index in [0.717, 1.165) is 25.7 Å². The van der Waals surface area contributed by atoms with Crippen LogP contribution in [-0.2, 0) is 19.1 Å². The van der Waals surface area contributed by atoms with E-state index in [-0.39, 0.29) is 48.1 Å². The van der Waals surface area contributed by atoms with Crippen molar-refractivity contribution in [1.82, 2.24) is 10.2 Å². The molecule has 1 fully saturated rings. The van der Waals surface area contributed by atoms with Crippen LogP contribution in [-0.4, -0.2) is 60.6 Å². The molecular weight excluding hydrogens is 360 g/mol. The van der Waals surface area contributed by atoms with Crippen LogP contribution in [0.4, 0.5) is 0 Å². The van der Waals surface area contributed by atoms with E-state index >= 15 is 0 Å². The van der Waals surface area contributed by atoms with Gasteiger partial charge in [-0.1, -0.05) is 34.1 Å². The predicted octanol–water partition coefficient (Wildman–Crippen LogP) is 1.98. The van der Waals surface area contributed by atoms with Gasteiger partial charge >= 0.3 is 5.97 Å². The molecule has 2 atom stereocenters. The van der Waals surface area contributed by atoms with E-state index in [2.05, 4.69) is 5.32 Å². The van der Waals surface area contributed by atoms with Gasteiger partial charge in [-0.05, 0) is 19.3 Å². The van der Waals surface area contributed by atoms with Crippen molar-refractivity contribution in [3.05, 3.63) is 0 Å². The van der Waals surface area contributed by atoms with Crippen molar-refractivity contribution in [2.75, 3.05) is 32.8 Å². The second-order valence-electron chi connectivity index (χ2n) is 8.37. The molecule has 0 aliphatic carbocycles. The number of aliphatic hydroxyl groups excluding tert-OH is 1. The normalized spacial score (nSPS) is 19.8. The minimum atomic E-state index is -0.222. The molecule has 1 aliphatic heterocycles. The van der Waals surface area contributed by atoms with Gasteiger partial charge < -0.3 is 20.1 Å². The number of aliphatic hydroxyl groups is 1. The van der Waals surface area contributed by atoms with E-state index in [1.165, 1.54) is 0 Å². The number of hydrogen-bond donors (Lipinski definition) is 2. The maximum Gasteiger partial charge on any atom is 0.308 e. The van der Waals surface area contributed by atoms with E-state index < -0.39 is 0 Å². The molecule has 1 saturated heterocycles. The number of unbranched alkanes of at least 4 members (excludes halogenated alkanes) is 2. The summed E-state index contributed by atoms with van der Waals surface area (Å²) in [5, 5.41) is 12.6. The third kappa shape index (κ3) is 8.59. The Morgan fingerprint density at radius 1 is 1.07 bits per heavy atom. The number of rotatable bonds is 11. The second-order valence-corrected chi connectivity index (χ2v) is 8.37. The highest BCUT2D eigenvalue weighted by molar-refractivity contribution is 5.77. The molecule has 1 rings (SSSR count). The van der Waals surface area contributed by atoms with Crippen molar-refractivity contribution in [2.45, 2.75) is 59.8 Å². The lowest BCUT2D eigenvalue weighted by Crippen LogP contribution is -2.46. The van der Waals surface area contributed by atoms with Gasteiger partial charge in [0.05, 0.1) is 12.5 Å². The maximum atomic E-state index is 12.4. The molecule has 28 heavy (non-hydrogen) atoms. The van der Waals surface area contributed by atoms with Gasteiger partial charge in [0.25, 0.3) is 0 Å². The molecule has 1 heterocycles. The molecule has 7 nitrogen and oxygen atoms in total. The van der Waals surface area contributed by atoms with Crippen LogP contribution in [0.25, 0.3) is 0 Å². The number of nitrogens with one attached hydrogen (secondary N) is 1. The standard InChI is InChI=1S/C21H38N2O5/c1-15(2)20(26)22-10-7-5-6-8-19(25)23-11-9-17(18(12-23)13-24)14-28-21(27)16(3)4/h15-18,24H,5-14H2,1-4H3,(H,22,26). The Morgan fingerprint density at radius 2 is 1.79 bits per heavy atom. The number of hydrogen-bond acceptors (Lipinski definition) is 5. The third-order valence-corrected chi connectivity index (χ3v) is 5.28. The Labute approximate surface area is 169 Å². The van der Waals surface area contributed by atoms with Gasteiger partial charge in [0, 0.05) is 50.4 Å². The first-order valence-electron chi connectivity index (χ1n) is 10.6. The number of piperidine rings is 1. The summed E-state index contributed by atoms with van der Waals surface area (Å²) in [7, 11) is 0. The molecule has 2 unspecified atom stereocenters. The van der Waals surface area contributed by atoms with Crippen LogP contribution in [0.15, 0.2) is 0 Å². The lowest BCUT2D eigenvalue weighted by atomic mass is 9.86. The number of nitrogens with zero attached hydrogens (tertiary/aromatic N) is 1. The van der Waals surface area contributed by atoms with E-state index in [0.29, 0.717) is 32.7 Å². The molecule has 0 spiro atoms. The van der Waals surface area contributed by atoms with Crippen LogP contribution in [0.3, 0.4) is 0 Å². The van der Waals surface area contributed by atoms with Gasteiger partial charge in [-0.15, -0.1) is 0 Å². The number of likely N-dealkylation sites (tertiary alicyclic amines) is 1. The quantitative estimate of drug-likeness (QED) is 0.410. The lowest BCUT2D eigenvalue weighted by molar-refractivity contribution is -0.151. The summed E-state index contributed by atoms with van der Waals surface area (Å²) in [6.45, 7) is 9.44. The number of amides is 2. The Morgan fingerprint density at radius 3 is 2.39 bits per heavy atom. The van der Waals surface area contributed by atoms with Crippen molar-refractivity contribution in [2.24, 2.45) is 23.7 Å². The van der Waals surface area contributed by atoms with Crippen LogP contribution in [0.2, 0.25) is 0 Å². The summed E-state index contributed by atoms with van der Waals surface area (Å²) in [4.78, 5) is 37.4. The minimum Gasteiger partial charge on any atom is -0.465 e. The van der Waals surface area contributed by atoms with Crippen molar-refractivity contribution in [3.63, 3.8) is 0 Å². The molecule has 7 heteroatoms. The Bertz CT molecular complexity index is 507. The maximum absolute atomic E-state index is 12.4. The van der Waals surface area contributed by atoms with E-state index in [1.807, 2.05) is 18.7 Å². The topological polar surface area (TPSA) is 95.9 Å². The summed E-state index contributed by atoms with van der Waals surface area (Å²) < 4.78 is 5.32. The lowest BCUT2D eigenvalue weighted by Gasteiger charge is -2.37. The fraction of sp³-hybridized carbons (Fsp3) is 0.857. The molecule has 2 N–H and O–H groups in total. The number of esters is 1. The highest BCUT2D eigenvalue weighted by Crippen LogP contribution is 2.25. The van der Waals surface area contributed by atoms with Crippen LogP contribution in [0, 0.1) is 23.7 Å². The summed E-state index contributed by atoms with van der Waals surface area (Å²) in [5.74, 6) is -0.161. The number of ether oxygens (including phenoxy) is 1. The smallest absolute Gasteiger partial charge is 0.308 e. The number of carbonyl (C=O) groups excluding carboxylic acids is 3. The molecule has 0 bridgehead atoms. The van der Waals surface area contributed by atoms with E-state index in [4.69, 9.17) is 4.74 Å². The summed E-state index contributed by atoms with van der Waals surface area (Å²) in [6.07, 6.45) is 3.79. The fourth-order valence-electron chi connectivity index (χ4n) is 3.24. The summed E-state index contributed by atoms with van der Waals surface area (Å²) in [6, 6.07) is 0. The largest absolute Gasteiger partial charge is 0.465 e. The average molecular weight is 399 g/mol. The third-order valence-electron chi connectivity index (χ3n) is 5.28. The number of carbonyl (C=O) groups is 3. The predicted molar refractivity (Wildman–Crippen MR) is 107 cm³/mol. The Hall–Kier alpha value is -1.63. The zero-order chi connectivity index (χ0) is 21.1. The van der Waals surface area contributed by atoms with Crippen LogP contribution in [0.5, 0.6) is 0 Å². The Kier molecular flexibility index (Phi) is 11.1. The van der Waals surface area contributed by atoms with Gasteiger partial charge in [0.1, 0.15) is 0 Å². The van der Waals surface area contributed by atoms with Crippen LogP contribution >= 0.6 is 0 Å². The molecule has 162 valence electrons. The fourth-order valence-corrected chi connectivity index (χ4v) is 3.24. The summed E-state index contributed by atoms with van der Waals surface area (Å²) >= 11 is 0. The molecule has 0 aromatic carbocycles. The van der Waals surface area contributed by atoms with E-state index in [9.17, 15) is 19.5 Å². The highest BCUT2D eigenvalue weighted by Gasteiger charge is 2.31. The van der Waals surface area contributed by atoms with Crippen LogP contribution in [0.1, 0.15) is 59.8 Å².